The average molecular weight is 519 g/mol. The van der Waals surface area contributed by atoms with E-state index < -0.39 is 0 Å². The molecule has 3 rings (SSSR count). The fourth-order valence-corrected chi connectivity index (χ4v) is 3.85. The number of guanidine groups is 1. The molecule has 0 aromatic heterocycles. The van der Waals surface area contributed by atoms with Gasteiger partial charge in [-0.3, -0.25) is 9.89 Å². The van der Waals surface area contributed by atoms with Crippen LogP contribution < -0.4 is 10.2 Å². The van der Waals surface area contributed by atoms with Crippen LogP contribution >= 0.6 is 24.0 Å². The number of ether oxygens (including phenoxy) is 1. The van der Waals surface area contributed by atoms with Crippen LogP contribution in [0.3, 0.4) is 0 Å². The van der Waals surface area contributed by atoms with E-state index in [0.717, 1.165) is 83.6 Å². The molecule has 2 fully saturated rings. The summed E-state index contributed by atoms with van der Waals surface area (Å²) in [7, 11) is 2.11. The third-order valence-corrected chi connectivity index (χ3v) is 5.49. The Bertz CT molecular complexity index is 616. The van der Waals surface area contributed by atoms with E-state index in [-0.39, 0.29) is 29.8 Å². The molecule has 1 aromatic carbocycles. The van der Waals surface area contributed by atoms with Crippen LogP contribution in [0, 0.1) is 11.7 Å². The minimum Gasteiger partial charge on any atom is -0.381 e. The summed E-state index contributed by atoms with van der Waals surface area (Å²) in [5.74, 6) is 1.41. The monoisotopic (exact) mass is 519 g/mol. The fourth-order valence-electron chi connectivity index (χ4n) is 3.85. The average Bonchev–Trinajstić information content (AvgIpc) is 3.21. The Balaban J connectivity index is 0.00000300. The van der Waals surface area contributed by atoms with Gasteiger partial charge in [-0.15, -0.1) is 24.0 Å². The lowest BCUT2D eigenvalue weighted by molar-refractivity contribution is 0.181. The lowest BCUT2D eigenvalue weighted by Crippen LogP contribution is -2.47. The second kappa shape index (κ2) is 12.5. The van der Waals surface area contributed by atoms with Crippen molar-refractivity contribution in [2.24, 2.45) is 10.9 Å². The standard InChI is InChI=1S/C21H34FN5O.HI/c1-3-23-21(25(2)16-18-8-15-28-17-18)24-9-10-26-11-13-27(14-12-26)20-6-4-19(22)5-7-20;/h4-7,18H,3,8-17H2,1-2H3,(H,23,24);1H. The molecule has 6 nitrogen and oxygen atoms in total. The molecule has 2 aliphatic heterocycles. The smallest absolute Gasteiger partial charge is 0.193 e. The predicted octanol–water partition coefficient (Wildman–Crippen LogP) is 2.50. The highest BCUT2D eigenvalue weighted by Gasteiger charge is 2.20. The lowest BCUT2D eigenvalue weighted by atomic mass is 10.1. The van der Waals surface area contributed by atoms with Gasteiger partial charge in [0.25, 0.3) is 0 Å². The third kappa shape index (κ3) is 7.57. The molecule has 2 heterocycles. The molecule has 1 unspecified atom stereocenters. The van der Waals surface area contributed by atoms with Crippen LogP contribution in [-0.4, -0.2) is 88.4 Å². The molecule has 164 valence electrons. The van der Waals surface area contributed by atoms with Crippen molar-refractivity contribution >= 4 is 35.6 Å². The minimum atomic E-state index is -0.179. The maximum atomic E-state index is 13.1. The first kappa shape index (κ1) is 24.1. The van der Waals surface area contributed by atoms with Crippen LogP contribution in [0.5, 0.6) is 0 Å². The molecule has 0 spiro atoms. The molecule has 2 saturated heterocycles. The van der Waals surface area contributed by atoms with Gasteiger partial charge >= 0.3 is 0 Å². The second-order valence-corrected chi connectivity index (χ2v) is 7.65. The zero-order valence-electron chi connectivity index (χ0n) is 17.6. The summed E-state index contributed by atoms with van der Waals surface area (Å²) >= 11 is 0. The van der Waals surface area contributed by atoms with Gasteiger partial charge in [-0.1, -0.05) is 0 Å². The highest BCUT2D eigenvalue weighted by atomic mass is 127. The number of rotatable bonds is 7. The van der Waals surface area contributed by atoms with E-state index in [4.69, 9.17) is 9.73 Å². The predicted molar refractivity (Wildman–Crippen MR) is 128 cm³/mol. The first-order valence-electron chi connectivity index (χ1n) is 10.5. The summed E-state index contributed by atoms with van der Waals surface area (Å²) < 4.78 is 18.6. The summed E-state index contributed by atoms with van der Waals surface area (Å²) in [4.78, 5) is 11.8. The highest BCUT2D eigenvalue weighted by molar-refractivity contribution is 14.0. The van der Waals surface area contributed by atoms with Gasteiger partial charge in [-0.2, -0.15) is 0 Å². The lowest BCUT2D eigenvalue weighted by Gasteiger charge is -2.36. The number of benzene rings is 1. The van der Waals surface area contributed by atoms with E-state index in [1.807, 2.05) is 12.1 Å². The number of aliphatic imine (C=N–C) groups is 1. The fraction of sp³-hybridized carbons (Fsp3) is 0.667. The first-order valence-corrected chi connectivity index (χ1v) is 10.5. The normalized spacial score (nSPS) is 20.4. The topological polar surface area (TPSA) is 43.3 Å². The Morgan fingerprint density at radius 2 is 1.97 bits per heavy atom. The highest BCUT2D eigenvalue weighted by Crippen LogP contribution is 2.17. The summed E-state index contributed by atoms with van der Waals surface area (Å²) in [5.41, 5.74) is 1.10. The molecule has 0 aliphatic carbocycles. The molecule has 2 aliphatic rings. The van der Waals surface area contributed by atoms with Gasteiger partial charge in [-0.05, 0) is 37.6 Å². The van der Waals surface area contributed by atoms with Crippen LogP contribution in [0.2, 0.25) is 0 Å². The molecule has 0 amide bonds. The van der Waals surface area contributed by atoms with Gasteiger partial charge in [0.1, 0.15) is 5.82 Å². The second-order valence-electron chi connectivity index (χ2n) is 7.65. The quantitative estimate of drug-likeness (QED) is 0.341. The molecule has 0 radical (unpaired) electrons. The van der Waals surface area contributed by atoms with Gasteiger partial charge < -0.3 is 19.9 Å². The number of anilines is 1. The maximum Gasteiger partial charge on any atom is 0.193 e. The molecule has 29 heavy (non-hydrogen) atoms. The van der Waals surface area contributed by atoms with Gasteiger partial charge in [0.15, 0.2) is 5.96 Å². The Morgan fingerprint density at radius 1 is 1.24 bits per heavy atom. The van der Waals surface area contributed by atoms with Crippen molar-refractivity contribution in [1.29, 1.82) is 0 Å². The van der Waals surface area contributed by atoms with E-state index in [1.54, 1.807) is 0 Å². The Hall–Kier alpha value is -1.13. The largest absolute Gasteiger partial charge is 0.381 e. The Kier molecular flexibility index (Phi) is 10.4. The number of piperazine rings is 1. The van der Waals surface area contributed by atoms with E-state index in [0.29, 0.717) is 5.92 Å². The van der Waals surface area contributed by atoms with Crippen molar-refractivity contribution in [2.75, 3.05) is 77.5 Å². The SMILES string of the molecule is CCNC(=NCCN1CCN(c2ccc(F)cc2)CC1)N(C)CC1CCOC1.I. The Morgan fingerprint density at radius 3 is 2.59 bits per heavy atom. The number of halogens is 2. The van der Waals surface area contributed by atoms with Crippen LogP contribution in [0.1, 0.15) is 13.3 Å². The summed E-state index contributed by atoms with van der Waals surface area (Å²) in [5, 5.41) is 3.40. The van der Waals surface area contributed by atoms with Gasteiger partial charge in [-0.25, -0.2) is 4.39 Å². The van der Waals surface area contributed by atoms with Gasteiger partial charge in [0, 0.05) is 71.1 Å². The maximum absolute atomic E-state index is 13.1. The van der Waals surface area contributed by atoms with Crippen LogP contribution in [0.25, 0.3) is 0 Å². The molecular weight excluding hydrogens is 484 g/mol. The van der Waals surface area contributed by atoms with Crippen molar-refractivity contribution in [3.05, 3.63) is 30.1 Å². The summed E-state index contributed by atoms with van der Waals surface area (Å²) in [6.07, 6.45) is 1.14. The van der Waals surface area contributed by atoms with Crippen molar-refractivity contribution in [2.45, 2.75) is 13.3 Å². The van der Waals surface area contributed by atoms with Gasteiger partial charge in [0.2, 0.25) is 0 Å². The van der Waals surface area contributed by atoms with Crippen LogP contribution in [0.15, 0.2) is 29.3 Å². The van der Waals surface area contributed by atoms with E-state index in [2.05, 4.69) is 34.0 Å². The Labute approximate surface area is 191 Å². The van der Waals surface area contributed by atoms with Crippen molar-refractivity contribution in [1.82, 2.24) is 15.1 Å². The van der Waals surface area contributed by atoms with E-state index >= 15 is 0 Å². The zero-order valence-corrected chi connectivity index (χ0v) is 20.0. The van der Waals surface area contributed by atoms with Crippen molar-refractivity contribution < 1.29 is 9.13 Å². The minimum absolute atomic E-state index is 0. The summed E-state index contributed by atoms with van der Waals surface area (Å²) in [6.45, 7) is 11.4. The number of hydrogen-bond donors (Lipinski definition) is 1. The van der Waals surface area contributed by atoms with Crippen LogP contribution in [-0.2, 0) is 4.74 Å². The molecule has 0 bridgehead atoms. The molecule has 1 aromatic rings. The number of nitrogens with one attached hydrogen (secondary N) is 1. The molecular formula is C21H35FIN5O. The summed E-state index contributed by atoms with van der Waals surface area (Å²) in [6, 6.07) is 6.80. The zero-order chi connectivity index (χ0) is 19.8. The number of nitrogens with zero attached hydrogens (tertiary/aromatic N) is 4. The molecule has 0 saturated carbocycles. The third-order valence-electron chi connectivity index (χ3n) is 5.49. The molecule has 1 N–H and O–H groups in total. The van der Waals surface area contributed by atoms with Crippen molar-refractivity contribution in [3.8, 4) is 0 Å². The van der Waals surface area contributed by atoms with E-state index in [9.17, 15) is 4.39 Å². The van der Waals surface area contributed by atoms with Crippen molar-refractivity contribution in [3.63, 3.8) is 0 Å². The molecule has 1 atom stereocenters. The first-order chi connectivity index (χ1) is 13.7. The van der Waals surface area contributed by atoms with Crippen LogP contribution in [0.4, 0.5) is 10.1 Å². The van der Waals surface area contributed by atoms with Gasteiger partial charge in [0.05, 0.1) is 13.2 Å². The molecule has 8 heteroatoms. The number of hydrogen-bond acceptors (Lipinski definition) is 4. The van der Waals surface area contributed by atoms with E-state index in [1.165, 1.54) is 12.1 Å².